The molecule has 1 aromatic carbocycles. The minimum Gasteiger partial charge on any atom is -0.469 e. The van der Waals surface area contributed by atoms with Crippen LogP contribution in [0, 0.1) is 6.92 Å². The molecule has 2 aromatic rings. The van der Waals surface area contributed by atoms with Crippen molar-refractivity contribution in [1.82, 2.24) is 9.88 Å². The van der Waals surface area contributed by atoms with Crippen molar-refractivity contribution in [1.29, 1.82) is 0 Å². The largest absolute Gasteiger partial charge is 0.469 e. The number of nitrogens with zero attached hydrogens (tertiary/aromatic N) is 3. The summed E-state index contributed by atoms with van der Waals surface area (Å²) in [5, 5.41) is 0. The molecule has 24 heavy (non-hydrogen) atoms. The van der Waals surface area contributed by atoms with E-state index in [-0.39, 0.29) is 6.10 Å². The fourth-order valence-corrected chi connectivity index (χ4v) is 2.47. The molecule has 0 fully saturated rings. The van der Waals surface area contributed by atoms with Crippen LogP contribution in [0.25, 0.3) is 0 Å². The Morgan fingerprint density at radius 2 is 2.04 bits per heavy atom. The van der Waals surface area contributed by atoms with E-state index in [1.165, 1.54) is 0 Å². The lowest BCUT2D eigenvalue weighted by atomic mass is 10.1. The normalized spacial score (nSPS) is 12.8. The van der Waals surface area contributed by atoms with Crippen molar-refractivity contribution in [3.8, 4) is 5.88 Å². The minimum absolute atomic E-state index is 0.0972. The van der Waals surface area contributed by atoms with Crippen molar-refractivity contribution in [2.75, 3.05) is 13.6 Å². The molecule has 2 rings (SSSR count). The van der Waals surface area contributed by atoms with Gasteiger partial charge in [0.2, 0.25) is 5.88 Å². The first kappa shape index (κ1) is 18.3. The lowest BCUT2D eigenvalue weighted by Crippen LogP contribution is -2.33. The van der Waals surface area contributed by atoms with E-state index in [1.54, 1.807) is 0 Å². The van der Waals surface area contributed by atoms with Crippen LogP contribution in [-0.2, 0) is 0 Å². The molecule has 2 N–H and O–H groups in total. The fraction of sp³-hybridized carbons (Fsp3) is 0.333. The third-order valence-electron chi connectivity index (χ3n) is 3.77. The number of guanidine groups is 1. The Kier molecular flexibility index (Phi) is 6.20. The second-order valence-electron chi connectivity index (χ2n) is 5.53. The van der Waals surface area contributed by atoms with E-state index in [9.17, 15) is 0 Å². The van der Waals surface area contributed by atoms with Crippen molar-refractivity contribution in [3.63, 3.8) is 0 Å². The first-order valence-corrected chi connectivity index (χ1v) is 8.65. The van der Waals surface area contributed by atoms with Crippen LogP contribution in [0.1, 0.15) is 31.2 Å². The Bertz CT molecular complexity index is 718. The van der Waals surface area contributed by atoms with Crippen LogP contribution in [0.15, 0.2) is 45.9 Å². The molecule has 5 nitrogen and oxygen atoms in total. The molecule has 0 aliphatic heterocycles. The number of aryl methyl sites for hydroxylation is 1. The Morgan fingerprint density at radius 3 is 2.67 bits per heavy atom. The Balaban J connectivity index is 2.24. The van der Waals surface area contributed by atoms with E-state index in [0.717, 1.165) is 28.0 Å². The van der Waals surface area contributed by atoms with Crippen molar-refractivity contribution in [3.05, 3.63) is 52.1 Å². The highest BCUT2D eigenvalue weighted by Gasteiger charge is 2.13. The van der Waals surface area contributed by atoms with Gasteiger partial charge in [-0.05, 0) is 48.3 Å². The van der Waals surface area contributed by atoms with Gasteiger partial charge in [-0.2, -0.15) is 0 Å². The van der Waals surface area contributed by atoms with Gasteiger partial charge in [0.1, 0.15) is 6.10 Å². The van der Waals surface area contributed by atoms with Gasteiger partial charge in [-0.3, -0.25) is 0 Å². The van der Waals surface area contributed by atoms with Crippen molar-refractivity contribution in [2.45, 2.75) is 26.9 Å². The van der Waals surface area contributed by atoms with E-state index in [0.29, 0.717) is 11.8 Å². The average molecular weight is 391 g/mol. The summed E-state index contributed by atoms with van der Waals surface area (Å²) in [7, 11) is 1.90. The third-order valence-corrected chi connectivity index (χ3v) is 4.33. The molecule has 0 aliphatic carbocycles. The van der Waals surface area contributed by atoms with Crippen molar-refractivity contribution in [2.24, 2.45) is 10.7 Å². The quantitative estimate of drug-likeness (QED) is 0.613. The van der Waals surface area contributed by atoms with Gasteiger partial charge in [-0.15, -0.1) is 0 Å². The minimum atomic E-state index is -0.0972. The molecule has 6 heteroatoms. The molecule has 1 atom stereocenters. The van der Waals surface area contributed by atoms with Gasteiger partial charge in [0.05, 0.1) is 15.9 Å². The van der Waals surface area contributed by atoms with Crippen molar-refractivity contribution >= 4 is 27.6 Å². The van der Waals surface area contributed by atoms with Gasteiger partial charge in [0, 0.05) is 13.6 Å². The van der Waals surface area contributed by atoms with Gasteiger partial charge < -0.3 is 15.4 Å². The standard InChI is InChI=1S/C18H23BrN4O/c1-5-23(4)18(20)22-16-11-15(19)17(21-12(16)2)24-13(3)14-9-7-6-8-10-14/h6-11,13H,5H2,1-4H3,(H2,20,22). The Hall–Kier alpha value is -2.08. The molecule has 1 unspecified atom stereocenters. The van der Waals surface area contributed by atoms with Crippen LogP contribution in [0.4, 0.5) is 5.69 Å². The summed E-state index contributed by atoms with van der Waals surface area (Å²) >= 11 is 3.52. The van der Waals surface area contributed by atoms with Crippen LogP contribution in [0.3, 0.4) is 0 Å². The van der Waals surface area contributed by atoms with Crippen molar-refractivity contribution < 1.29 is 4.74 Å². The summed E-state index contributed by atoms with van der Waals surface area (Å²) in [4.78, 5) is 10.8. The van der Waals surface area contributed by atoms with Crippen LogP contribution in [0.2, 0.25) is 0 Å². The summed E-state index contributed by atoms with van der Waals surface area (Å²) in [5.74, 6) is 1.01. The van der Waals surface area contributed by atoms with Crippen LogP contribution < -0.4 is 10.5 Å². The number of hydrogen-bond acceptors (Lipinski definition) is 3. The van der Waals surface area contributed by atoms with Gasteiger partial charge in [0.25, 0.3) is 0 Å². The van der Waals surface area contributed by atoms with Crippen LogP contribution in [0.5, 0.6) is 5.88 Å². The average Bonchev–Trinajstić information content (AvgIpc) is 2.59. The van der Waals surface area contributed by atoms with Gasteiger partial charge >= 0.3 is 0 Å². The Morgan fingerprint density at radius 1 is 1.38 bits per heavy atom. The highest BCUT2D eigenvalue weighted by Crippen LogP contribution is 2.32. The highest BCUT2D eigenvalue weighted by molar-refractivity contribution is 9.10. The number of pyridine rings is 1. The zero-order chi connectivity index (χ0) is 17.7. The molecule has 0 bridgehead atoms. The van der Waals surface area contributed by atoms with Crippen LogP contribution in [-0.4, -0.2) is 29.4 Å². The SMILES string of the molecule is CCN(C)C(N)=Nc1cc(Br)c(OC(C)c2ccccc2)nc1C. The molecule has 1 heterocycles. The van der Waals surface area contributed by atoms with Gasteiger partial charge in [-0.1, -0.05) is 30.3 Å². The smallest absolute Gasteiger partial charge is 0.228 e. The molecule has 0 saturated carbocycles. The summed E-state index contributed by atoms with van der Waals surface area (Å²) < 4.78 is 6.74. The second-order valence-corrected chi connectivity index (χ2v) is 6.39. The lowest BCUT2D eigenvalue weighted by molar-refractivity contribution is 0.215. The molecule has 1 aromatic heterocycles. The molecule has 0 radical (unpaired) electrons. The fourth-order valence-electron chi connectivity index (χ4n) is 2.08. The first-order valence-electron chi connectivity index (χ1n) is 7.86. The first-order chi connectivity index (χ1) is 11.4. The number of benzene rings is 1. The number of hydrogen-bond donors (Lipinski definition) is 1. The maximum Gasteiger partial charge on any atom is 0.228 e. The van der Waals surface area contributed by atoms with E-state index in [1.807, 2.05) is 69.1 Å². The predicted molar refractivity (Wildman–Crippen MR) is 102 cm³/mol. The molecular formula is C18H23BrN4O. The number of aliphatic imine (C=N–C) groups is 1. The molecule has 0 spiro atoms. The number of nitrogens with two attached hydrogens (primary N) is 1. The lowest BCUT2D eigenvalue weighted by Gasteiger charge is -2.17. The molecule has 0 amide bonds. The zero-order valence-corrected chi connectivity index (χ0v) is 16.0. The van der Waals surface area contributed by atoms with Gasteiger partial charge in [-0.25, -0.2) is 9.98 Å². The third kappa shape index (κ3) is 4.47. The van der Waals surface area contributed by atoms with E-state index < -0.39 is 0 Å². The van der Waals surface area contributed by atoms with Gasteiger partial charge in [0.15, 0.2) is 5.96 Å². The van der Waals surface area contributed by atoms with Crippen LogP contribution >= 0.6 is 15.9 Å². The maximum absolute atomic E-state index is 5.99. The Labute approximate surface area is 151 Å². The monoisotopic (exact) mass is 390 g/mol. The van der Waals surface area contributed by atoms with E-state index in [2.05, 4.69) is 25.9 Å². The summed E-state index contributed by atoms with van der Waals surface area (Å²) in [6.45, 7) is 6.70. The maximum atomic E-state index is 5.99. The zero-order valence-electron chi connectivity index (χ0n) is 14.5. The molecular weight excluding hydrogens is 368 g/mol. The summed E-state index contributed by atoms with van der Waals surface area (Å²) in [5.41, 5.74) is 8.56. The predicted octanol–water partition coefficient (Wildman–Crippen LogP) is 4.19. The summed E-state index contributed by atoms with van der Waals surface area (Å²) in [6.07, 6.45) is -0.0972. The van der Waals surface area contributed by atoms with E-state index in [4.69, 9.17) is 10.5 Å². The topological polar surface area (TPSA) is 63.7 Å². The van der Waals surface area contributed by atoms with E-state index >= 15 is 0 Å². The number of aromatic nitrogens is 1. The second kappa shape index (κ2) is 8.15. The number of halogens is 1. The highest BCUT2D eigenvalue weighted by atomic mass is 79.9. The molecule has 128 valence electrons. The number of ether oxygens (including phenoxy) is 1. The number of rotatable bonds is 5. The molecule has 0 aliphatic rings. The summed E-state index contributed by atoms with van der Waals surface area (Å²) in [6, 6.07) is 11.9. The molecule has 0 saturated heterocycles.